The standard InChI is InChI=1S/C20H25N3O3.CH4/c24-18(25)20-12-19(13-20,14-20)8-3-1-2-4-10-26-15-5-6-16(21-11-15)17-7-9-22-23-17;/h5-7,9,11H,1-4,8,10,12-14H2,(H,22,23)(H,24,25);1H4. The molecule has 0 aliphatic heterocycles. The molecular weight excluding hydrogens is 342 g/mol. The fraction of sp³-hybridized carbons (Fsp3) is 0.571. The van der Waals surface area contributed by atoms with E-state index in [4.69, 9.17) is 9.84 Å². The van der Waals surface area contributed by atoms with E-state index in [1.165, 1.54) is 19.3 Å². The van der Waals surface area contributed by atoms with Crippen LogP contribution >= 0.6 is 0 Å². The maximum absolute atomic E-state index is 11.1. The molecule has 3 aliphatic carbocycles. The second kappa shape index (κ2) is 7.71. The Morgan fingerprint density at radius 1 is 1.15 bits per heavy atom. The minimum Gasteiger partial charge on any atom is -0.492 e. The molecule has 0 saturated heterocycles. The van der Waals surface area contributed by atoms with Gasteiger partial charge in [0, 0.05) is 6.20 Å². The van der Waals surface area contributed by atoms with Gasteiger partial charge in [-0.3, -0.25) is 14.9 Å². The molecule has 0 amide bonds. The molecular formula is C21H29N3O3. The molecule has 2 bridgehead atoms. The number of carboxylic acid groups (broad SMARTS) is 1. The molecule has 3 saturated carbocycles. The zero-order chi connectivity index (χ0) is 18.0. The number of rotatable bonds is 10. The Kier molecular flexibility index (Phi) is 5.53. The van der Waals surface area contributed by atoms with Crippen LogP contribution in [0.25, 0.3) is 11.4 Å². The van der Waals surface area contributed by atoms with Crippen molar-refractivity contribution in [2.45, 2.75) is 58.8 Å². The van der Waals surface area contributed by atoms with E-state index in [2.05, 4.69) is 15.2 Å². The molecule has 0 atom stereocenters. The maximum Gasteiger partial charge on any atom is 0.309 e. The van der Waals surface area contributed by atoms with Crippen LogP contribution in [0.5, 0.6) is 5.75 Å². The first kappa shape index (κ1) is 19.4. The molecule has 3 fully saturated rings. The van der Waals surface area contributed by atoms with E-state index in [9.17, 15) is 4.79 Å². The van der Waals surface area contributed by atoms with E-state index in [1.54, 1.807) is 12.4 Å². The van der Waals surface area contributed by atoms with Crippen LogP contribution < -0.4 is 4.74 Å². The number of ether oxygens (including phenoxy) is 1. The van der Waals surface area contributed by atoms with Gasteiger partial charge in [-0.25, -0.2) is 0 Å². The van der Waals surface area contributed by atoms with E-state index < -0.39 is 5.97 Å². The number of aromatic amines is 1. The van der Waals surface area contributed by atoms with Gasteiger partial charge >= 0.3 is 5.97 Å². The lowest BCUT2D eigenvalue weighted by Crippen LogP contribution is -2.65. The molecule has 27 heavy (non-hydrogen) atoms. The number of aliphatic carboxylic acids is 1. The Morgan fingerprint density at radius 3 is 2.56 bits per heavy atom. The molecule has 2 N–H and O–H groups in total. The number of nitrogens with one attached hydrogen (secondary N) is 1. The minimum atomic E-state index is -0.580. The molecule has 6 nitrogen and oxygen atoms in total. The average Bonchev–Trinajstić information content (AvgIpc) is 3.09. The van der Waals surface area contributed by atoms with Crippen molar-refractivity contribution in [3.63, 3.8) is 0 Å². The van der Waals surface area contributed by atoms with E-state index in [-0.39, 0.29) is 12.8 Å². The third kappa shape index (κ3) is 3.84. The predicted molar refractivity (Wildman–Crippen MR) is 103 cm³/mol. The van der Waals surface area contributed by atoms with Gasteiger partial charge in [-0.15, -0.1) is 0 Å². The minimum absolute atomic E-state index is 0. The van der Waals surface area contributed by atoms with Gasteiger partial charge in [-0.05, 0) is 55.7 Å². The second-order valence-corrected chi connectivity index (χ2v) is 7.98. The van der Waals surface area contributed by atoms with Crippen molar-refractivity contribution in [3.05, 3.63) is 30.6 Å². The molecule has 0 aromatic carbocycles. The number of pyridine rings is 1. The Balaban J connectivity index is 0.00000210. The number of hydrogen-bond donors (Lipinski definition) is 2. The molecule has 0 spiro atoms. The van der Waals surface area contributed by atoms with Gasteiger partial charge in [0.25, 0.3) is 0 Å². The van der Waals surface area contributed by atoms with Crippen molar-refractivity contribution >= 4 is 5.97 Å². The van der Waals surface area contributed by atoms with Crippen LogP contribution in [0.2, 0.25) is 0 Å². The summed E-state index contributed by atoms with van der Waals surface area (Å²) in [6.45, 7) is 0.707. The van der Waals surface area contributed by atoms with Crippen molar-refractivity contribution in [1.29, 1.82) is 0 Å². The smallest absolute Gasteiger partial charge is 0.309 e. The molecule has 2 aromatic rings. The van der Waals surface area contributed by atoms with Gasteiger partial charge in [-0.2, -0.15) is 5.10 Å². The summed E-state index contributed by atoms with van der Waals surface area (Å²) in [6, 6.07) is 5.75. The summed E-state index contributed by atoms with van der Waals surface area (Å²) in [5.41, 5.74) is 1.81. The summed E-state index contributed by atoms with van der Waals surface area (Å²) in [6.07, 6.45) is 12.0. The SMILES string of the molecule is C.O=C(O)C12CC(CCCCCCOc3ccc(-c4ccn[nH]4)nc3)(C1)C2. The first-order valence-electron chi connectivity index (χ1n) is 9.43. The lowest BCUT2D eigenvalue weighted by Gasteiger charge is -2.68. The summed E-state index contributed by atoms with van der Waals surface area (Å²) < 4.78 is 5.75. The van der Waals surface area contributed by atoms with Gasteiger partial charge in [0.15, 0.2) is 0 Å². The topological polar surface area (TPSA) is 88.1 Å². The lowest BCUT2D eigenvalue weighted by atomic mass is 9.34. The Hall–Kier alpha value is -2.37. The highest BCUT2D eigenvalue weighted by Gasteiger charge is 2.70. The van der Waals surface area contributed by atoms with Crippen molar-refractivity contribution in [1.82, 2.24) is 15.2 Å². The van der Waals surface area contributed by atoms with Gasteiger partial charge < -0.3 is 9.84 Å². The Morgan fingerprint density at radius 2 is 1.93 bits per heavy atom. The highest BCUT2D eigenvalue weighted by Crippen LogP contribution is 2.75. The van der Waals surface area contributed by atoms with Gasteiger partial charge in [0.05, 0.1) is 29.6 Å². The van der Waals surface area contributed by atoms with Crippen LogP contribution in [-0.2, 0) is 4.79 Å². The normalized spacial score (nSPS) is 25.0. The largest absolute Gasteiger partial charge is 0.492 e. The molecule has 2 aromatic heterocycles. The molecule has 146 valence electrons. The molecule has 0 unspecified atom stereocenters. The number of carbonyl (C=O) groups is 1. The average molecular weight is 371 g/mol. The monoisotopic (exact) mass is 371 g/mol. The zero-order valence-electron chi connectivity index (χ0n) is 14.9. The van der Waals surface area contributed by atoms with Crippen molar-refractivity contribution < 1.29 is 14.6 Å². The first-order valence-corrected chi connectivity index (χ1v) is 9.43. The molecule has 0 radical (unpaired) electrons. The summed E-state index contributed by atoms with van der Waals surface area (Å²) in [7, 11) is 0. The summed E-state index contributed by atoms with van der Waals surface area (Å²) in [4.78, 5) is 15.5. The highest BCUT2D eigenvalue weighted by molar-refractivity contribution is 5.79. The first-order chi connectivity index (χ1) is 12.6. The number of unbranched alkanes of at least 4 members (excludes halogenated alkanes) is 3. The van der Waals surface area contributed by atoms with E-state index in [1.807, 2.05) is 18.2 Å². The number of hydrogen-bond acceptors (Lipinski definition) is 4. The summed E-state index contributed by atoms with van der Waals surface area (Å²) >= 11 is 0. The van der Waals surface area contributed by atoms with E-state index in [0.717, 1.165) is 49.2 Å². The number of carboxylic acids is 1. The van der Waals surface area contributed by atoms with E-state index in [0.29, 0.717) is 12.0 Å². The molecule has 6 heteroatoms. The summed E-state index contributed by atoms with van der Waals surface area (Å²) in [5.74, 6) is 0.213. The second-order valence-electron chi connectivity index (χ2n) is 7.98. The molecule has 3 aliphatic rings. The van der Waals surface area contributed by atoms with Crippen LogP contribution in [0, 0.1) is 10.8 Å². The van der Waals surface area contributed by atoms with Gasteiger partial charge in [0.2, 0.25) is 0 Å². The van der Waals surface area contributed by atoms with Crippen LogP contribution in [0.3, 0.4) is 0 Å². The van der Waals surface area contributed by atoms with Crippen LogP contribution in [0.4, 0.5) is 0 Å². The quantitative estimate of drug-likeness (QED) is 0.591. The van der Waals surface area contributed by atoms with Gasteiger partial charge in [-0.1, -0.05) is 26.7 Å². The molecule has 5 rings (SSSR count). The van der Waals surface area contributed by atoms with Crippen LogP contribution in [0.1, 0.15) is 58.8 Å². The zero-order valence-corrected chi connectivity index (χ0v) is 14.9. The van der Waals surface area contributed by atoms with E-state index >= 15 is 0 Å². The number of aromatic nitrogens is 3. The Labute approximate surface area is 160 Å². The summed E-state index contributed by atoms with van der Waals surface area (Å²) in [5, 5.41) is 16.0. The van der Waals surface area contributed by atoms with Crippen molar-refractivity contribution in [2.75, 3.05) is 6.61 Å². The number of nitrogens with zero attached hydrogens (tertiary/aromatic N) is 2. The number of H-pyrrole nitrogens is 1. The maximum atomic E-state index is 11.1. The predicted octanol–water partition coefficient (Wildman–Crippen LogP) is 4.69. The fourth-order valence-corrected chi connectivity index (χ4v) is 4.66. The fourth-order valence-electron chi connectivity index (χ4n) is 4.66. The van der Waals surface area contributed by atoms with Gasteiger partial charge in [0.1, 0.15) is 5.75 Å². The van der Waals surface area contributed by atoms with Crippen LogP contribution in [-0.4, -0.2) is 32.9 Å². The van der Waals surface area contributed by atoms with Crippen molar-refractivity contribution in [2.24, 2.45) is 10.8 Å². The lowest BCUT2D eigenvalue weighted by molar-refractivity contribution is -0.225. The molecule has 2 heterocycles. The van der Waals surface area contributed by atoms with Crippen LogP contribution in [0.15, 0.2) is 30.6 Å². The highest BCUT2D eigenvalue weighted by atomic mass is 16.5. The third-order valence-corrected chi connectivity index (χ3v) is 5.98. The Bertz CT molecular complexity index is 736. The van der Waals surface area contributed by atoms with Crippen molar-refractivity contribution in [3.8, 4) is 17.1 Å². The third-order valence-electron chi connectivity index (χ3n) is 5.98.